The maximum atomic E-state index is 5.97. The van der Waals surface area contributed by atoms with E-state index in [1.807, 2.05) is 0 Å². The van der Waals surface area contributed by atoms with E-state index in [0.29, 0.717) is 0 Å². The van der Waals surface area contributed by atoms with Crippen LogP contribution in [0.15, 0.2) is 24.3 Å². The van der Waals surface area contributed by atoms with Crippen LogP contribution in [-0.4, -0.2) is 18.7 Å². The zero-order valence-corrected chi connectivity index (χ0v) is 10.5. The fraction of sp³-hybridized carbons (Fsp3) is 0.600. The molecule has 3 rings (SSSR count). The molecule has 2 heteroatoms. The molecular weight excluding hydrogens is 210 g/mol. The zero-order valence-electron chi connectivity index (χ0n) is 10.5. The van der Waals surface area contributed by atoms with Gasteiger partial charge in [-0.15, -0.1) is 0 Å². The first-order valence-corrected chi connectivity index (χ1v) is 6.76. The van der Waals surface area contributed by atoms with Crippen molar-refractivity contribution in [2.75, 3.05) is 6.61 Å². The third kappa shape index (κ3) is 2.47. The van der Waals surface area contributed by atoms with Gasteiger partial charge in [-0.25, -0.2) is 0 Å². The molecule has 2 saturated heterocycles. The highest BCUT2D eigenvalue weighted by Crippen LogP contribution is 2.31. The molecule has 1 N–H and O–H groups in total. The molecule has 2 bridgehead atoms. The van der Waals surface area contributed by atoms with E-state index in [9.17, 15) is 0 Å². The van der Waals surface area contributed by atoms with Crippen LogP contribution in [0.5, 0.6) is 5.75 Å². The summed E-state index contributed by atoms with van der Waals surface area (Å²) in [6, 6.07) is 9.83. The van der Waals surface area contributed by atoms with Gasteiger partial charge in [0.1, 0.15) is 5.75 Å². The van der Waals surface area contributed by atoms with Gasteiger partial charge in [0.05, 0.1) is 6.61 Å². The van der Waals surface area contributed by atoms with Crippen molar-refractivity contribution in [1.82, 2.24) is 5.32 Å². The minimum atomic E-state index is 0.744. The monoisotopic (exact) mass is 231 g/mol. The Morgan fingerprint density at radius 1 is 1.18 bits per heavy atom. The summed E-state index contributed by atoms with van der Waals surface area (Å²) in [6.07, 6.45) is 5.32. The highest BCUT2D eigenvalue weighted by atomic mass is 16.5. The molecule has 0 saturated carbocycles. The molecule has 2 fully saturated rings. The number of aryl methyl sites for hydroxylation is 1. The van der Waals surface area contributed by atoms with Crippen LogP contribution in [0.3, 0.4) is 0 Å². The molecule has 2 heterocycles. The lowest BCUT2D eigenvalue weighted by atomic mass is 9.93. The average molecular weight is 231 g/mol. The van der Waals surface area contributed by atoms with Crippen molar-refractivity contribution in [3.63, 3.8) is 0 Å². The van der Waals surface area contributed by atoms with Crippen LogP contribution >= 0.6 is 0 Å². The Balaban J connectivity index is 1.56. The average Bonchev–Trinajstić information content (AvgIpc) is 2.68. The van der Waals surface area contributed by atoms with E-state index >= 15 is 0 Å². The Morgan fingerprint density at radius 2 is 1.88 bits per heavy atom. The number of fused-ring (bicyclic) bond motifs is 2. The van der Waals surface area contributed by atoms with Gasteiger partial charge >= 0.3 is 0 Å². The van der Waals surface area contributed by atoms with Crippen molar-refractivity contribution >= 4 is 0 Å². The van der Waals surface area contributed by atoms with Gasteiger partial charge in [0.25, 0.3) is 0 Å². The van der Waals surface area contributed by atoms with Gasteiger partial charge in [-0.1, -0.05) is 18.2 Å². The van der Waals surface area contributed by atoms with Gasteiger partial charge < -0.3 is 10.1 Å². The van der Waals surface area contributed by atoms with Crippen molar-refractivity contribution in [2.45, 2.75) is 44.7 Å². The number of piperidine rings is 1. The standard InChI is InChI=1S/C15H21NO/c1-11-4-2-3-5-15(11)17-10-12-8-13-6-7-14(9-12)16-13/h2-5,12-14,16H,6-10H2,1H3/t12?,13-,14+. The Morgan fingerprint density at radius 3 is 2.59 bits per heavy atom. The van der Waals surface area contributed by atoms with E-state index in [1.165, 1.54) is 31.2 Å². The number of nitrogens with one attached hydrogen (secondary N) is 1. The second-order valence-electron chi connectivity index (χ2n) is 5.55. The summed E-state index contributed by atoms with van der Waals surface area (Å²) in [5.74, 6) is 1.80. The van der Waals surface area contributed by atoms with Crippen LogP contribution < -0.4 is 10.1 Å². The molecule has 17 heavy (non-hydrogen) atoms. The van der Waals surface area contributed by atoms with E-state index in [0.717, 1.165) is 30.4 Å². The molecule has 1 aromatic carbocycles. The van der Waals surface area contributed by atoms with Gasteiger partial charge in [-0.05, 0) is 50.2 Å². The lowest BCUT2D eigenvalue weighted by molar-refractivity contribution is 0.189. The van der Waals surface area contributed by atoms with Gasteiger partial charge in [0.2, 0.25) is 0 Å². The van der Waals surface area contributed by atoms with Crippen molar-refractivity contribution in [3.8, 4) is 5.75 Å². The topological polar surface area (TPSA) is 21.3 Å². The first kappa shape index (κ1) is 11.1. The first-order valence-electron chi connectivity index (χ1n) is 6.76. The first-order chi connectivity index (χ1) is 8.31. The normalized spacial score (nSPS) is 31.5. The van der Waals surface area contributed by atoms with Crippen LogP contribution in [-0.2, 0) is 0 Å². The summed E-state index contributed by atoms with van der Waals surface area (Å²) in [4.78, 5) is 0. The Bertz CT molecular complexity index is 378. The lowest BCUT2D eigenvalue weighted by Gasteiger charge is -2.29. The molecule has 2 nitrogen and oxygen atoms in total. The van der Waals surface area contributed by atoms with Gasteiger partial charge in [-0.2, -0.15) is 0 Å². The van der Waals surface area contributed by atoms with Crippen molar-refractivity contribution in [3.05, 3.63) is 29.8 Å². The number of rotatable bonds is 3. The van der Waals surface area contributed by atoms with Crippen LogP contribution in [0.2, 0.25) is 0 Å². The number of hydrogen-bond acceptors (Lipinski definition) is 2. The minimum absolute atomic E-state index is 0.744. The van der Waals surface area contributed by atoms with Gasteiger partial charge in [-0.3, -0.25) is 0 Å². The molecule has 0 amide bonds. The zero-order chi connectivity index (χ0) is 11.7. The molecule has 0 aliphatic carbocycles. The summed E-state index contributed by atoms with van der Waals surface area (Å²) in [6.45, 7) is 3.00. The second-order valence-corrected chi connectivity index (χ2v) is 5.55. The Hall–Kier alpha value is -1.02. The van der Waals surface area contributed by atoms with Crippen molar-refractivity contribution < 1.29 is 4.74 Å². The third-order valence-electron chi connectivity index (χ3n) is 4.14. The van der Waals surface area contributed by atoms with Crippen molar-refractivity contribution in [2.24, 2.45) is 5.92 Å². The van der Waals surface area contributed by atoms with E-state index < -0.39 is 0 Å². The van der Waals surface area contributed by atoms with E-state index in [4.69, 9.17) is 4.74 Å². The Kier molecular flexibility index (Phi) is 3.06. The molecule has 92 valence electrons. The van der Waals surface area contributed by atoms with Gasteiger partial charge in [0, 0.05) is 12.1 Å². The van der Waals surface area contributed by atoms with Crippen LogP contribution in [0.1, 0.15) is 31.2 Å². The molecule has 2 aliphatic rings. The predicted octanol–water partition coefficient (Wildman–Crippen LogP) is 2.90. The molecule has 0 radical (unpaired) electrons. The maximum Gasteiger partial charge on any atom is 0.122 e. The van der Waals surface area contributed by atoms with Crippen LogP contribution in [0, 0.1) is 12.8 Å². The summed E-state index contributed by atoms with van der Waals surface area (Å²) >= 11 is 0. The molecular formula is C15H21NO. The molecule has 3 atom stereocenters. The number of ether oxygens (including phenoxy) is 1. The number of para-hydroxylation sites is 1. The molecule has 1 unspecified atom stereocenters. The fourth-order valence-electron chi connectivity index (χ4n) is 3.24. The predicted molar refractivity (Wildman–Crippen MR) is 69.3 cm³/mol. The van der Waals surface area contributed by atoms with Gasteiger partial charge in [0.15, 0.2) is 0 Å². The van der Waals surface area contributed by atoms with Crippen molar-refractivity contribution in [1.29, 1.82) is 0 Å². The van der Waals surface area contributed by atoms with E-state index in [2.05, 4.69) is 36.5 Å². The minimum Gasteiger partial charge on any atom is -0.493 e. The van der Waals surface area contributed by atoms with E-state index in [1.54, 1.807) is 0 Å². The highest BCUT2D eigenvalue weighted by molar-refractivity contribution is 5.31. The van der Waals surface area contributed by atoms with Crippen LogP contribution in [0.4, 0.5) is 0 Å². The molecule has 2 aliphatic heterocycles. The summed E-state index contributed by atoms with van der Waals surface area (Å²) in [5, 5.41) is 3.67. The largest absolute Gasteiger partial charge is 0.493 e. The van der Waals surface area contributed by atoms with Crippen LogP contribution in [0.25, 0.3) is 0 Å². The molecule has 0 aromatic heterocycles. The highest BCUT2D eigenvalue weighted by Gasteiger charge is 2.33. The lowest BCUT2D eigenvalue weighted by Crippen LogP contribution is -2.39. The molecule has 1 aromatic rings. The summed E-state index contributed by atoms with van der Waals surface area (Å²) in [7, 11) is 0. The number of benzene rings is 1. The van der Waals surface area contributed by atoms with E-state index in [-0.39, 0.29) is 0 Å². The Labute approximate surface area is 103 Å². The number of hydrogen-bond donors (Lipinski definition) is 1. The summed E-state index contributed by atoms with van der Waals surface area (Å²) < 4.78 is 5.97. The third-order valence-corrected chi connectivity index (χ3v) is 4.14. The quantitative estimate of drug-likeness (QED) is 0.863. The second kappa shape index (κ2) is 4.69. The fourth-order valence-corrected chi connectivity index (χ4v) is 3.24. The maximum absolute atomic E-state index is 5.97. The SMILES string of the molecule is Cc1ccccc1OCC1C[C@H]2CC[C@@H](C1)N2. The molecule has 0 spiro atoms. The smallest absolute Gasteiger partial charge is 0.122 e. The summed E-state index contributed by atoms with van der Waals surface area (Å²) in [5.41, 5.74) is 1.24.